The number of rotatable bonds is 5. The lowest BCUT2D eigenvalue weighted by Gasteiger charge is -2.40. The normalized spacial score (nSPS) is 28.2. The number of piperidine rings is 1. The molecule has 2 atom stereocenters. The largest absolute Gasteiger partial charge is 0.573 e. The van der Waals surface area contributed by atoms with Crippen LogP contribution in [0.25, 0.3) is 0 Å². The van der Waals surface area contributed by atoms with Crippen LogP contribution in [0.15, 0.2) is 24.3 Å². The van der Waals surface area contributed by atoms with Crippen molar-refractivity contribution in [1.29, 1.82) is 0 Å². The highest BCUT2D eigenvalue weighted by molar-refractivity contribution is 5.73. The zero-order valence-electron chi connectivity index (χ0n) is 16.7. The molecule has 0 spiro atoms. The van der Waals surface area contributed by atoms with Crippen molar-refractivity contribution in [2.75, 3.05) is 13.2 Å². The number of amides is 1. The lowest BCUT2D eigenvalue weighted by Crippen LogP contribution is -2.56. The molecule has 1 saturated heterocycles. The highest BCUT2D eigenvalue weighted by Gasteiger charge is 2.33. The van der Waals surface area contributed by atoms with Gasteiger partial charge in [0, 0.05) is 19.5 Å². The fraction of sp³-hybridized carbons (Fsp3) is 0.667. The highest BCUT2D eigenvalue weighted by atomic mass is 19.4. The number of halogens is 3. The maximum absolute atomic E-state index is 12.4. The zero-order valence-corrected chi connectivity index (χ0v) is 16.7. The summed E-state index contributed by atoms with van der Waals surface area (Å²) in [6, 6.07) is 6.08. The van der Waals surface area contributed by atoms with Crippen LogP contribution >= 0.6 is 0 Å². The molecule has 1 aromatic rings. The Labute approximate surface area is 169 Å². The van der Waals surface area contributed by atoms with E-state index in [-0.39, 0.29) is 35.8 Å². The van der Waals surface area contributed by atoms with Gasteiger partial charge in [-0.05, 0) is 62.1 Å². The van der Waals surface area contributed by atoms with Gasteiger partial charge in [0.2, 0.25) is 5.91 Å². The Balaban J connectivity index is 1.50. The molecule has 2 unspecified atom stereocenters. The van der Waals surface area contributed by atoms with E-state index in [1.54, 1.807) is 13.0 Å². The average Bonchev–Trinajstić information content (AvgIpc) is 2.66. The molecule has 8 heteroatoms. The van der Waals surface area contributed by atoms with Gasteiger partial charge in [-0.3, -0.25) is 4.79 Å². The number of hydrogen-bond donors (Lipinski definition) is 1. The van der Waals surface area contributed by atoms with E-state index in [1.807, 2.05) is 11.0 Å². The smallest absolute Gasteiger partial charge is 0.406 e. The standard InChI is InChI=1S/C21H29F3N2O3/c1-14(27)26-11-3-6-19(25)20(26)13-28-17-9-7-15(8-10-17)16-4-2-5-18(12-16)29-21(22,23)24/h2,4-5,12,15,17,19-20H,3,6-11,13,25H2,1H3/t15-,17+,19?,20?. The van der Waals surface area contributed by atoms with Gasteiger partial charge in [-0.2, -0.15) is 0 Å². The third kappa shape index (κ3) is 6.09. The van der Waals surface area contributed by atoms with Crippen LogP contribution in [0.4, 0.5) is 13.2 Å². The predicted molar refractivity (Wildman–Crippen MR) is 102 cm³/mol. The summed E-state index contributed by atoms with van der Waals surface area (Å²) < 4.78 is 47.4. The van der Waals surface area contributed by atoms with Gasteiger partial charge in [-0.15, -0.1) is 13.2 Å². The van der Waals surface area contributed by atoms with Gasteiger partial charge in [-0.25, -0.2) is 0 Å². The van der Waals surface area contributed by atoms with E-state index >= 15 is 0 Å². The van der Waals surface area contributed by atoms with Crippen molar-refractivity contribution in [3.05, 3.63) is 29.8 Å². The molecule has 0 bridgehead atoms. The average molecular weight is 414 g/mol. The Bertz CT molecular complexity index is 690. The van der Waals surface area contributed by atoms with Crippen LogP contribution in [0.5, 0.6) is 5.75 Å². The van der Waals surface area contributed by atoms with Crippen LogP contribution in [-0.4, -0.2) is 48.5 Å². The van der Waals surface area contributed by atoms with Crippen molar-refractivity contribution >= 4 is 5.91 Å². The Morgan fingerprint density at radius 1 is 1.21 bits per heavy atom. The number of benzene rings is 1. The summed E-state index contributed by atoms with van der Waals surface area (Å²) in [5.74, 6) is 0.0414. The topological polar surface area (TPSA) is 64.8 Å². The maximum atomic E-state index is 12.4. The number of carbonyl (C=O) groups is 1. The first-order valence-corrected chi connectivity index (χ1v) is 10.2. The minimum atomic E-state index is -4.68. The molecule has 162 valence electrons. The molecule has 1 aliphatic heterocycles. The summed E-state index contributed by atoms with van der Waals surface area (Å²) in [5.41, 5.74) is 7.08. The molecule has 1 amide bonds. The number of nitrogens with two attached hydrogens (primary N) is 1. The van der Waals surface area contributed by atoms with Crippen molar-refractivity contribution in [2.24, 2.45) is 5.73 Å². The second kappa shape index (κ2) is 9.34. The summed E-state index contributed by atoms with van der Waals surface area (Å²) in [6.07, 6.45) is 0.552. The molecule has 1 aromatic carbocycles. The quantitative estimate of drug-likeness (QED) is 0.792. The molecule has 5 nitrogen and oxygen atoms in total. The van der Waals surface area contributed by atoms with Gasteiger partial charge in [0.25, 0.3) is 0 Å². The Morgan fingerprint density at radius 2 is 1.93 bits per heavy atom. The molecule has 2 fully saturated rings. The molecule has 1 aliphatic carbocycles. The summed E-state index contributed by atoms with van der Waals surface area (Å²) in [5, 5.41) is 0. The molecule has 1 saturated carbocycles. The van der Waals surface area contributed by atoms with Crippen molar-refractivity contribution in [2.45, 2.75) is 75.9 Å². The summed E-state index contributed by atoms with van der Waals surface area (Å²) in [7, 11) is 0. The van der Waals surface area contributed by atoms with E-state index in [9.17, 15) is 18.0 Å². The van der Waals surface area contributed by atoms with E-state index in [0.29, 0.717) is 6.61 Å². The fourth-order valence-corrected chi connectivity index (χ4v) is 4.45. The Morgan fingerprint density at radius 3 is 2.59 bits per heavy atom. The second-order valence-corrected chi connectivity index (χ2v) is 8.01. The molecular weight excluding hydrogens is 385 g/mol. The van der Waals surface area contributed by atoms with Gasteiger partial charge in [-0.1, -0.05) is 12.1 Å². The molecule has 1 heterocycles. The summed E-state index contributed by atoms with van der Waals surface area (Å²) in [4.78, 5) is 13.7. The van der Waals surface area contributed by atoms with Crippen LogP contribution < -0.4 is 10.5 Å². The summed E-state index contributed by atoms with van der Waals surface area (Å²) in [6.45, 7) is 2.72. The van der Waals surface area contributed by atoms with Crippen LogP contribution in [0, 0.1) is 0 Å². The molecule has 2 N–H and O–H groups in total. The third-order valence-corrected chi connectivity index (χ3v) is 5.98. The SMILES string of the molecule is CC(=O)N1CCCC(N)C1CO[C@H]1CC[C@@H](c2cccc(OC(F)(F)F)c2)CC1. The first-order valence-electron chi connectivity index (χ1n) is 10.2. The Hall–Kier alpha value is -1.80. The van der Waals surface area contributed by atoms with Crippen LogP contribution in [0.1, 0.15) is 56.9 Å². The molecule has 0 radical (unpaired) electrons. The van der Waals surface area contributed by atoms with Crippen LogP contribution in [-0.2, 0) is 9.53 Å². The van der Waals surface area contributed by atoms with E-state index < -0.39 is 6.36 Å². The van der Waals surface area contributed by atoms with E-state index in [4.69, 9.17) is 10.5 Å². The van der Waals surface area contributed by atoms with Crippen LogP contribution in [0.3, 0.4) is 0 Å². The zero-order chi connectivity index (χ0) is 21.0. The molecular formula is C21H29F3N2O3. The van der Waals surface area contributed by atoms with Crippen molar-refractivity contribution in [3.8, 4) is 5.75 Å². The van der Waals surface area contributed by atoms with Crippen molar-refractivity contribution in [1.82, 2.24) is 4.90 Å². The number of nitrogens with zero attached hydrogens (tertiary/aromatic N) is 1. The molecule has 3 rings (SSSR count). The number of likely N-dealkylation sites (tertiary alicyclic amines) is 1. The van der Waals surface area contributed by atoms with E-state index in [1.165, 1.54) is 12.1 Å². The van der Waals surface area contributed by atoms with E-state index in [2.05, 4.69) is 4.74 Å². The number of carbonyl (C=O) groups excluding carboxylic acids is 1. The Kier molecular flexibility index (Phi) is 7.05. The van der Waals surface area contributed by atoms with Gasteiger partial charge in [0.05, 0.1) is 18.8 Å². The van der Waals surface area contributed by atoms with Gasteiger partial charge in [0.1, 0.15) is 5.75 Å². The first-order chi connectivity index (χ1) is 13.7. The third-order valence-electron chi connectivity index (χ3n) is 5.98. The predicted octanol–water partition coefficient (Wildman–Crippen LogP) is 3.97. The fourth-order valence-electron chi connectivity index (χ4n) is 4.45. The number of hydrogen-bond acceptors (Lipinski definition) is 4. The second-order valence-electron chi connectivity index (χ2n) is 8.01. The lowest BCUT2D eigenvalue weighted by molar-refractivity contribution is -0.274. The first kappa shape index (κ1) is 21.9. The van der Waals surface area contributed by atoms with Gasteiger partial charge >= 0.3 is 6.36 Å². The minimum Gasteiger partial charge on any atom is -0.406 e. The lowest BCUT2D eigenvalue weighted by atomic mass is 9.82. The number of alkyl halides is 3. The summed E-state index contributed by atoms with van der Waals surface area (Å²) >= 11 is 0. The monoisotopic (exact) mass is 414 g/mol. The molecule has 0 aromatic heterocycles. The minimum absolute atomic E-state index is 0.0263. The van der Waals surface area contributed by atoms with Gasteiger partial charge < -0.3 is 20.1 Å². The molecule has 2 aliphatic rings. The van der Waals surface area contributed by atoms with Crippen molar-refractivity contribution in [3.63, 3.8) is 0 Å². The highest BCUT2D eigenvalue weighted by Crippen LogP contribution is 2.36. The maximum Gasteiger partial charge on any atom is 0.573 e. The van der Waals surface area contributed by atoms with E-state index in [0.717, 1.165) is 50.6 Å². The van der Waals surface area contributed by atoms with Crippen molar-refractivity contribution < 1.29 is 27.4 Å². The van der Waals surface area contributed by atoms with Crippen LogP contribution in [0.2, 0.25) is 0 Å². The number of ether oxygens (including phenoxy) is 2. The molecule has 29 heavy (non-hydrogen) atoms. The van der Waals surface area contributed by atoms with Gasteiger partial charge in [0.15, 0.2) is 0 Å².